The molecule has 2 heterocycles. The molecule has 0 aromatic carbocycles. The van der Waals surface area contributed by atoms with Crippen molar-refractivity contribution in [1.82, 2.24) is 20.4 Å². The molecule has 2 N–H and O–H groups in total. The second kappa shape index (κ2) is 6.47. The minimum atomic E-state index is -0.129. The molecule has 0 radical (unpaired) electrons. The molecule has 2 rings (SSSR count). The molecule has 6 heteroatoms. The minimum absolute atomic E-state index is 0.129. The zero-order valence-corrected chi connectivity index (χ0v) is 11.5. The molecule has 1 aliphatic heterocycles. The number of nitrogens with one attached hydrogen (secondary N) is 2. The highest BCUT2D eigenvalue weighted by Gasteiger charge is 2.13. The highest BCUT2D eigenvalue weighted by molar-refractivity contribution is 5.91. The number of amides is 1. The summed E-state index contributed by atoms with van der Waals surface area (Å²) in [6.45, 7) is 2.03. The maximum atomic E-state index is 11.7. The Bertz CT molecular complexity index is 410. The first kappa shape index (κ1) is 13.7. The van der Waals surface area contributed by atoms with Crippen LogP contribution in [0.3, 0.4) is 0 Å². The number of carbonyl (C=O) groups excluding carboxylic acids is 1. The molecule has 0 bridgehead atoms. The Labute approximate surface area is 113 Å². The lowest BCUT2D eigenvalue weighted by Crippen LogP contribution is -2.31. The van der Waals surface area contributed by atoms with Gasteiger partial charge in [-0.05, 0) is 31.5 Å². The van der Waals surface area contributed by atoms with Crippen LogP contribution in [-0.2, 0) is 0 Å². The van der Waals surface area contributed by atoms with Gasteiger partial charge in [0.1, 0.15) is 5.82 Å². The van der Waals surface area contributed by atoms with E-state index in [1.807, 2.05) is 6.07 Å². The SMILES string of the molecule is CN(C)C(=O)c1ccc(NC2CCCCNC2)nn1. The molecule has 1 amide bonds. The predicted molar refractivity (Wildman–Crippen MR) is 74.2 cm³/mol. The molecule has 1 saturated heterocycles. The van der Waals surface area contributed by atoms with Gasteiger partial charge in [0.25, 0.3) is 5.91 Å². The topological polar surface area (TPSA) is 70.2 Å². The first-order valence-corrected chi connectivity index (χ1v) is 6.69. The molecule has 104 valence electrons. The van der Waals surface area contributed by atoms with Crippen LogP contribution in [-0.4, -0.2) is 54.2 Å². The molecule has 1 fully saturated rings. The molecule has 0 spiro atoms. The third kappa shape index (κ3) is 3.89. The predicted octanol–water partition coefficient (Wildman–Crippen LogP) is 0.732. The zero-order valence-electron chi connectivity index (χ0n) is 11.5. The van der Waals surface area contributed by atoms with Gasteiger partial charge < -0.3 is 15.5 Å². The lowest BCUT2D eigenvalue weighted by Gasteiger charge is -2.16. The van der Waals surface area contributed by atoms with Gasteiger partial charge in [-0.1, -0.05) is 6.42 Å². The number of aromatic nitrogens is 2. The summed E-state index contributed by atoms with van der Waals surface area (Å²) in [6, 6.07) is 3.91. The maximum absolute atomic E-state index is 11.7. The fourth-order valence-electron chi connectivity index (χ4n) is 2.10. The van der Waals surface area contributed by atoms with Crippen molar-refractivity contribution in [2.24, 2.45) is 0 Å². The summed E-state index contributed by atoms with van der Waals surface area (Å²) in [7, 11) is 3.40. The zero-order chi connectivity index (χ0) is 13.7. The Morgan fingerprint density at radius 3 is 2.89 bits per heavy atom. The van der Waals surface area contributed by atoms with Crippen LogP contribution >= 0.6 is 0 Å². The maximum Gasteiger partial charge on any atom is 0.273 e. The van der Waals surface area contributed by atoms with Crippen molar-refractivity contribution in [3.8, 4) is 0 Å². The fraction of sp³-hybridized carbons (Fsp3) is 0.615. The van der Waals surface area contributed by atoms with E-state index in [1.165, 1.54) is 17.7 Å². The number of nitrogens with zero attached hydrogens (tertiary/aromatic N) is 3. The third-order valence-electron chi connectivity index (χ3n) is 3.19. The Balaban J connectivity index is 1.96. The third-order valence-corrected chi connectivity index (χ3v) is 3.19. The quantitative estimate of drug-likeness (QED) is 0.841. The summed E-state index contributed by atoms with van der Waals surface area (Å²) in [5, 5.41) is 14.8. The van der Waals surface area contributed by atoms with Gasteiger partial charge in [-0.25, -0.2) is 0 Å². The van der Waals surface area contributed by atoms with E-state index in [9.17, 15) is 4.79 Å². The van der Waals surface area contributed by atoms with E-state index in [0.717, 1.165) is 25.3 Å². The fourth-order valence-corrected chi connectivity index (χ4v) is 2.10. The van der Waals surface area contributed by atoms with Gasteiger partial charge in [0.05, 0.1) is 0 Å². The van der Waals surface area contributed by atoms with E-state index >= 15 is 0 Å². The average molecular weight is 263 g/mol. The molecule has 0 aliphatic carbocycles. The van der Waals surface area contributed by atoms with Gasteiger partial charge in [0.2, 0.25) is 0 Å². The Kier molecular flexibility index (Phi) is 4.68. The summed E-state index contributed by atoms with van der Waals surface area (Å²) in [5.41, 5.74) is 0.370. The summed E-state index contributed by atoms with van der Waals surface area (Å²) >= 11 is 0. The van der Waals surface area contributed by atoms with Crippen molar-refractivity contribution in [1.29, 1.82) is 0 Å². The smallest absolute Gasteiger partial charge is 0.273 e. The highest BCUT2D eigenvalue weighted by atomic mass is 16.2. The Hall–Kier alpha value is -1.69. The van der Waals surface area contributed by atoms with Crippen LogP contribution in [0.25, 0.3) is 0 Å². The van der Waals surface area contributed by atoms with Crippen LogP contribution in [0, 0.1) is 0 Å². The van der Waals surface area contributed by atoms with E-state index in [1.54, 1.807) is 20.2 Å². The van der Waals surface area contributed by atoms with E-state index in [4.69, 9.17) is 0 Å². The van der Waals surface area contributed by atoms with Crippen LogP contribution in [0.15, 0.2) is 12.1 Å². The molecule has 0 saturated carbocycles. The standard InChI is InChI=1S/C13H21N5O/c1-18(2)13(19)11-6-7-12(17-16-11)15-10-5-3-4-8-14-9-10/h6-7,10,14H,3-5,8-9H2,1-2H3,(H,15,17). The molecule has 1 aliphatic rings. The molecule has 1 aromatic heterocycles. The minimum Gasteiger partial charge on any atom is -0.365 e. The first-order valence-electron chi connectivity index (χ1n) is 6.69. The van der Waals surface area contributed by atoms with E-state index in [0.29, 0.717) is 11.7 Å². The van der Waals surface area contributed by atoms with E-state index < -0.39 is 0 Å². The molecule has 19 heavy (non-hydrogen) atoms. The number of rotatable bonds is 3. The van der Waals surface area contributed by atoms with Gasteiger partial charge in [-0.15, -0.1) is 10.2 Å². The van der Waals surface area contributed by atoms with Crippen molar-refractivity contribution in [2.45, 2.75) is 25.3 Å². The number of hydrogen-bond donors (Lipinski definition) is 2. The highest BCUT2D eigenvalue weighted by Crippen LogP contribution is 2.10. The van der Waals surface area contributed by atoms with Crippen LogP contribution < -0.4 is 10.6 Å². The van der Waals surface area contributed by atoms with Crippen LogP contribution in [0.2, 0.25) is 0 Å². The summed E-state index contributed by atoms with van der Waals surface area (Å²) in [5.74, 6) is 0.596. The van der Waals surface area contributed by atoms with Crippen molar-refractivity contribution in [2.75, 3.05) is 32.5 Å². The second-order valence-electron chi connectivity index (χ2n) is 5.04. The number of carbonyl (C=O) groups is 1. The number of anilines is 1. The van der Waals surface area contributed by atoms with Crippen molar-refractivity contribution in [3.63, 3.8) is 0 Å². The molecule has 1 aromatic rings. The van der Waals surface area contributed by atoms with Gasteiger partial charge >= 0.3 is 0 Å². The summed E-state index contributed by atoms with van der Waals surface area (Å²) < 4.78 is 0. The molecular weight excluding hydrogens is 242 g/mol. The van der Waals surface area contributed by atoms with Gasteiger partial charge in [0.15, 0.2) is 5.69 Å². The van der Waals surface area contributed by atoms with Gasteiger partial charge in [0, 0.05) is 26.7 Å². The summed E-state index contributed by atoms with van der Waals surface area (Å²) in [4.78, 5) is 13.2. The van der Waals surface area contributed by atoms with Crippen molar-refractivity contribution >= 4 is 11.7 Å². The van der Waals surface area contributed by atoms with Crippen LogP contribution in [0.1, 0.15) is 29.8 Å². The first-order chi connectivity index (χ1) is 9.16. The van der Waals surface area contributed by atoms with E-state index in [-0.39, 0.29) is 5.91 Å². The van der Waals surface area contributed by atoms with Crippen LogP contribution in [0.5, 0.6) is 0 Å². The largest absolute Gasteiger partial charge is 0.365 e. The van der Waals surface area contributed by atoms with Gasteiger partial charge in [-0.3, -0.25) is 4.79 Å². The van der Waals surface area contributed by atoms with Crippen molar-refractivity contribution < 1.29 is 4.79 Å². The Morgan fingerprint density at radius 2 is 2.21 bits per heavy atom. The molecule has 6 nitrogen and oxygen atoms in total. The second-order valence-corrected chi connectivity index (χ2v) is 5.04. The lowest BCUT2D eigenvalue weighted by molar-refractivity contribution is 0.0821. The summed E-state index contributed by atoms with van der Waals surface area (Å²) in [6.07, 6.45) is 3.57. The molecule has 1 unspecified atom stereocenters. The average Bonchev–Trinajstić information content (AvgIpc) is 2.67. The van der Waals surface area contributed by atoms with Crippen LogP contribution in [0.4, 0.5) is 5.82 Å². The van der Waals surface area contributed by atoms with E-state index in [2.05, 4.69) is 20.8 Å². The normalized spacial score (nSPS) is 19.6. The van der Waals surface area contributed by atoms with Crippen molar-refractivity contribution in [3.05, 3.63) is 17.8 Å². The molecule has 1 atom stereocenters. The van der Waals surface area contributed by atoms with Gasteiger partial charge in [-0.2, -0.15) is 0 Å². The Morgan fingerprint density at radius 1 is 1.37 bits per heavy atom. The molecular formula is C13H21N5O. The number of hydrogen-bond acceptors (Lipinski definition) is 5. The lowest BCUT2D eigenvalue weighted by atomic mass is 10.1. The monoisotopic (exact) mass is 263 g/mol.